The lowest BCUT2D eigenvalue weighted by molar-refractivity contribution is 0.331. The van der Waals surface area contributed by atoms with Crippen molar-refractivity contribution < 1.29 is 0 Å². The Morgan fingerprint density at radius 1 is 1.44 bits per heavy atom. The molecular weight excluding hydrogens is 198 g/mol. The molecule has 2 heterocycles. The summed E-state index contributed by atoms with van der Waals surface area (Å²) in [6.07, 6.45) is 5.34. The van der Waals surface area contributed by atoms with Crippen LogP contribution in [0.5, 0.6) is 0 Å². The number of aryl methyl sites for hydroxylation is 1. The van der Waals surface area contributed by atoms with Gasteiger partial charge in [0.05, 0.1) is 11.3 Å². The van der Waals surface area contributed by atoms with E-state index in [-0.39, 0.29) is 0 Å². The summed E-state index contributed by atoms with van der Waals surface area (Å²) in [4.78, 5) is 6.78. The van der Waals surface area contributed by atoms with Gasteiger partial charge in [-0.05, 0) is 44.0 Å². The van der Waals surface area contributed by atoms with Gasteiger partial charge < -0.3 is 0 Å². The number of aromatic nitrogens is 1. The molecule has 0 N–H and O–H groups in total. The first-order chi connectivity index (χ1) is 7.83. The van der Waals surface area contributed by atoms with Gasteiger partial charge in [0.2, 0.25) is 0 Å². The molecule has 3 heteroatoms. The van der Waals surface area contributed by atoms with Crippen LogP contribution < -0.4 is 0 Å². The molecule has 0 saturated carbocycles. The minimum atomic E-state index is 0.735. The summed E-state index contributed by atoms with van der Waals surface area (Å²) < 4.78 is 0. The highest BCUT2D eigenvalue weighted by Gasteiger charge is 2.12. The fourth-order valence-electron chi connectivity index (χ4n) is 2.20. The van der Waals surface area contributed by atoms with E-state index in [1.807, 2.05) is 19.2 Å². The Balaban J connectivity index is 2.13. The van der Waals surface area contributed by atoms with E-state index in [9.17, 15) is 0 Å². The quantitative estimate of drug-likeness (QED) is 0.775. The maximum Gasteiger partial charge on any atom is 0.101 e. The van der Waals surface area contributed by atoms with Crippen LogP contribution in [0.2, 0.25) is 0 Å². The molecule has 2 rings (SSSR count). The highest BCUT2D eigenvalue weighted by atomic mass is 15.1. The standard InChI is InChI=1S/C13H17N3/c1-2-13-12(8-14)7-11(9-15-13)10-16-5-3-4-6-16/h7,9H,2-6,10H2,1H3. The Morgan fingerprint density at radius 2 is 2.19 bits per heavy atom. The largest absolute Gasteiger partial charge is 0.299 e. The summed E-state index contributed by atoms with van der Waals surface area (Å²) in [5.41, 5.74) is 2.81. The van der Waals surface area contributed by atoms with Gasteiger partial charge in [0.25, 0.3) is 0 Å². The smallest absolute Gasteiger partial charge is 0.101 e. The van der Waals surface area contributed by atoms with E-state index in [1.165, 1.54) is 25.9 Å². The van der Waals surface area contributed by atoms with Crippen LogP contribution in [-0.2, 0) is 13.0 Å². The van der Waals surface area contributed by atoms with E-state index >= 15 is 0 Å². The number of pyridine rings is 1. The number of nitriles is 1. The average Bonchev–Trinajstić information content (AvgIpc) is 2.81. The zero-order valence-electron chi connectivity index (χ0n) is 9.74. The fraction of sp³-hybridized carbons (Fsp3) is 0.538. The number of rotatable bonds is 3. The van der Waals surface area contributed by atoms with Crippen LogP contribution in [0.15, 0.2) is 12.3 Å². The second-order valence-electron chi connectivity index (χ2n) is 4.29. The Bertz CT molecular complexity index is 400. The predicted octanol–water partition coefficient (Wildman–Crippen LogP) is 2.11. The van der Waals surface area contributed by atoms with Crippen molar-refractivity contribution in [3.8, 4) is 6.07 Å². The molecule has 84 valence electrons. The summed E-state index contributed by atoms with van der Waals surface area (Å²) >= 11 is 0. The summed E-state index contributed by atoms with van der Waals surface area (Å²) in [6, 6.07) is 4.22. The molecule has 0 aromatic carbocycles. The number of hydrogen-bond acceptors (Lipinski definition) is 3. The first-order valence-electron chi connectivity index (χ1n) is 5.93. The van der Waals surface area contributed by atoms with E-state index in [0.717, 1.165) is 29.8 Å². The molecule has 0 amide bonds. The van der Waals surface area contributed by atoms with Crippen molar-refractivity contribution >= 4 is 0 Å². The summed E-state index contributed by atoms with van der Waals surface area (Å²) in [5.74, 6) is 0. The van der Waals surface area contributed by atoms with Crippen molar-refractivity contribution in [2.45, 2.75) is 32.7 Å². The second kappa shape index (κ2) is 5.09. The number of nitrogens with zero attached hydrogens (tertiary/aromatic N) is 3. The molecule has 0 atom stereocenters. The van der Waals surface area contributed by atoms with E-state index in [1.54, 1.807) is 0 Å². The van der Waals surface area contributed by atoms with E-state index in [2.05, 4.69) is 16.0 Å². The second-order valence-corrected chi connectivity index (χ2v) is 4.29. The van der Waals surface area contributed by atoms with Gasteiger partial charge in [0.15, 0.2) is 0 Å². The normalized spacial score (nSPS) is 16.2. The molecule has 1 saturated heterocycles. The van der Waals surface area contributed by atoms with Crippen molar-refractivity contribution in [2.24, 2.45) is 0 Å². The van der Waals surface area contributed by atoms with Crippen LogP contribution in [0, 0.1) is 11.3 Å². The van der Waals surface area contributed by atoms with Crippen LogP contribution in [0.4, 0.5) is 0 Å². The molecule has 3 nitrogen and oxygen atoms in total. The minimum Gasteiger partial charge on any atom is -0.299 e. The Morgan fingerprint density at radius 3 is 2.81 bits per heavy atom. The lowest BCUT2D eigenvalue weighted by atomic mass is 10.1. The van der Waals surface area contributed by atoms with E-state index in [0.29, 0.717) is 0 Å². The SMILES string of the molecule is CCc1ncc(CN2CCCC2)cc1C#N. The lowest BCUT2D eigenvalue weighted by Crippen LogP contribution is -2.18. The Hall–Kier alpha value is -1.40. The van der Waals surface area contributed by atoms with Gasteiger partial charge in [0, 0.05) is 12.7 Å². The number of likely N-dealkylation sites (tertiary alicyclic amines) is 1. The van der Waals surface area contributed by atoms with Crippen molar-refractivity contribution in [2.75, 3.05) is 13.1 Å². The molecule has 1 aliphatic heterocycles. The highest BCUT2D eigenvalue weighted by molar-refractivity contribution is 5.35. The molecule has 1 aromatic heterocycles. The fourth-order valence-corrected chi connectivity index (χ4v) is 2.20. The zero-order valence-corrected chi connectivity index (χ0v) is 9.74. The van der Waals surface area contributed by atoms with E-state index in [4.69, 9.17) is 5.26 Å². The molecule has 1 aromatic rings. The maximum absolute atomic E-state index is 9.03. The molecule has 0 aliphatic carbocycles. The third kappa shape index (κ3) is 2.40. The summed E-state index contributed by atoms with van der Waals surface area (Å²) in [6.45, 7) is 5.32. The molecule has 0 radical (unpaired) electrons. The van der Waals surface area contributed by atoms with Gasteiger partial charge in [-0.15, -0.1) is 0 Å². The summed E-state index contributed by atoms with van der Waals surface area (Å²) in [7, 11) is 0. The van der Waals surface area contributed by atoms with Gasteiger partial charge in [0.1, 0.15) is 6.07 Å². The Labute approximate surface area is 96.7 Å². The summed E-state index contributed by atoms with van der Waals surface area (Å²) in [5, 5.41) is 9.03. The van der Waals surface area contributed by atoms with Crippen molar-refractivity contribution in [1.82, 2.24) is 9.88 Å². The van der Waals surface area contributed by atoms with Gasteiger partial charge in [-0.25, -0.2) is 0 Å². The molecular formula is C13H17N3. The maximum atomic E-state index is 9.03. The van der Waals surface area contributed by atoms with Gasteiger partial charge in [-0.1, -0.05) is 6.92 Å². The molecule has 0 bridgehead atoms. The van der Waals surface area contributed by atoms with Crippen molar-refractivity contribution in [3.05, 3.63) is 29.1 Å². The lowest BCUT2D eigenvalue weighted by Gasteiger charge is -2.14. The Kier molecular flexibility index (Phi) is 3.53. The third-order valence-electron chi connectivity index (χ3n) is 3.09. The predicted molar refractivity (Wildman–Crippen MR) is 62.8 cm³/mol. The molecule has 0 unspecified atom stereocenters. The molecule has 16 heavy (non-hydrogen) atoms. The van der Waals surface area contributed by atoms with Gasteiger partial charge in [-0.2, -0.15) is 5.26 Å². The first-order valence-corrected chi connectivity index (χ1v) is 5.93. The molecule has 1 fully saturated rings. The van der Waals surface area contributed by atoms with E-state index < -0.39 is 0 Å². The molecule has 1 aliphatic rings. The first kappa shape index (κ1) is 11.1. The van der Waals surface area contributed by atoms with Crippen LogP contribution >= 0.6 is 0 Å². The van der Waals surface area contributed by atoms with Gasteiger partial charge >= 0.3 is 0 Å². The molecule has 0 spiro atoms. The van der Waals surface area contributed by atoms with Crippen LogP contribution in [-0.4, -0.2) is 23.0 Å². The monoisotopic (exact) mass is 215 g/mol. The van der Waals surface area contributed by atoms with Gasteiger partial charge in [-0.3, -0.25) is 9.88 Å². The number of hydrogen-bond donors (Lipinski definition) is 0. The third-order valence-corrected chi connectivity index (χ3v) is 3.09. The van der Waals surface area contributed by atoms with Crippen molar-refractivity contribution in [3.63, 3.8) is 0 Å². The minimum absolute atomic E-state index is 0.735. The topological polar surface area (TPSA) is 39.9 Å². The zero-order chi connectivity index (χ0) is 11.4. The highest BCUT2D eigenvalue weighted by Crippen LogP contribution is 2.14. The average molecular weight is 215 g/mol. The van der Waals surface area contributed by atoms with Crippen molar-refractivity contribution in [1.29, 1.82) is 5.26 Å². The van der Waals surface area contributed by atoms with Crippen LogP contribution in [0.1, 0.15) is 36.6 Å². The van der Waals surface area contributed by atoms with Crippen LogP contribution in [0.3, 0.4) is 0 Å². The van der Waals surface area contributed by atoms with Crippen LogP contribution in [0.25, 0.3) is 0 Å².